The number of hydrogen-bond acceptors (Lipinski definition) is 4. The average molecular weight is 308 g/mol. The average Bonchev–Trinajstić information content (AvgIpc) is 2.32. The van der Waals surface area contributed by atoms with Crippen LogP contribution in [0.5, 0.6) is 0 Å². The van der Waals surface area contributed by atoms with Crippen LogP contribution in [0.15, 0.2) is 18.2 Å². The Morgan fingerprint density at radius 2 is 1.52 bits per heavy atom. The lowest BCUT2D eigenvalue weighted by Gasteiger charge is -2.11. The lowest BCUT2D eigenvalue weighted by atomic mass is 10.2. The topological polar surface area (TPSA) is 63.8 Å². The molecule has 0 spiro atoms. The van der Waals surface area contributed by atoms with Gasteiger partial charge in [-0.25, -0.2) is 18.2 Å². The summed E-state index contributed by atoms with van der Waals surface area (Å²) in [4.78, 5) is 6.34. The number of nitrogen functional groups attached to an aromatic ring is 1. The van der Waals surface area contributed by atoms with E-state index in [1.165, 1.54) is 0 Å². The molecule has 1 aromatic heterocycles. The fraction of sp³-hybridized carbons (Fsp3) is 0.0909. The van der Waals surface area contributed by atoms with Gasteiger partial charge < -0.3 is 11.1 Å². The van der Waals surface area contributed by atoms with Crippen LogP contribution in [-0.2, 0) is 6.18 Å². The third kappa shape index (κ3) is 3.33. The van der Waals surface area contributed by atoms with Crippen molar-refractivity contribution in [2.24, 2.45) is 0 Å². The van der Waals surface area contributed by atoms with Crippen molar-refractivity contribution in [2.75, 3.05) is 11.1 Å². The van der Waals surface area contributed by atoms with Gasteiger partial charge in [-0.3, -0.25) is 0 Å². The number of alkyl halides is 3. The zero-order valence-corrected chi connectivity index (χ0v) is 9.97. The van der Waals surface area contributed by atoms with Gasteiger partial charge >= 0.3 is 6.18 Å². The predicted octanol–water partition coefficient (Wildman–Crippen LogP) is 3.24. The van der Waals surface area contributed by atoms with Gasteiger partial charge in [0.15, 0.2) is 17.3 Å². The van der Waals surface area contributed by atoms with Crippen molar-refractivity contribution in [1.82, 2.24) is 9.97 Å². The number of anilines is 3. The van der Waals surface area contributed by atoms with Crippen molar-refractivity contribution < 1.29 is 26.3 Å². The molecule has 1 aromatic carbocycles. The third-order valence-corrected chi connectivity index (χ3v) is 2.29. The number of aromatic nitrogens is 2. The summed E-state index contributed by atoms with van der Waals surface area (Å²) in [6.07, 6.45) is -4.81. The largest absolute Gasteiger partial charge is 0.433 e. The molecule has 10 heteroatoms. The van der Waals surface area contributed by atoms with Crippen molar-refractivity contribution in [2.45, 2.75) is 6.18 Å². The Hall–Kier alpha value is -2.52. The molecule has 0 unspecified atom stereocenters. The Balaban J connectivity index is 2.43. The van der Waals surface area contributed by atoms with E-state index < -0.39 is 46.8 Å². The van der Waals surface area contributed by atoms with E-state index in [0.29, 0.717) is 18.2 Å². The number of benzene rings is 1. The molecule has 0 atom stereocenters. The van der Waals surface area contributed by atoms with Gasteiger partial charge in [0.2, 0.25) is 5.95 Å². The zero-order chi connectivity index (χ0) is 15.8. The molecule has 0 aliphatic rings. The van der Waals surface area contributed by atoms with Crippen molar-refractivity contribution in [3.63, 3.8) is 0 Å². The maximum atomic E-state index is 13.4. The van der Waals surface area contributed by atoms with Crippen molar-refractivity contribution >= 4 is 17.5 Å². The molecular weight excluding hydrogens is 302 g/mol. The number of nitrogens with one attached hydrogen (secondary N) is 1. The minimum absolute atomic E-state index is 0.362. The second kappa shape index (κ2) is 5.11. The van der Waals surface area contributed by atoms with Crippen molar-refractivity contribution in [3.05, 3.63) is 41.3 Å². The molecule has 4 nitrogen and oxygen atoms in total. The summed E-state index contributed by atoms with van der Waals surface area (Å²) in [5, 5.41) is 1.97. The highest BCUT2D eigenvalue weighted by Crippen LogP contribution is 2.31. The van der Waals surface area contributed by atoms with Crippen LogP contribution in [-0.4, -0.2) is 9.97 Å². The van der Waals surface area contributed by atoms with Crippen molar-refractivity contribution in [3.8, 4) is 0 Å². The molecule has 2 aromatic rings. The van der Waals surface area contributed by atoms with Crippen LogP contribution in [0.1, 0.15) is 5.69 Å². The van der Waals surface area contributed by atoms with Gasteiger partial charge in [-0.1, -0.05) is 0 Å². The molecule has 2 rings (SSSR count). The molecule has 21 heavy (non-hydrogen) atoms. The fourth-order valence-electron chi connectivity index (χ4n) is 1.46. The minimum atomic E-state index is -4.81. The maximum Gasteiger partial charge on any atom is 0.433 e. The van der Waals surface area contributed by atoms with E-state index in [4.69, 9.17) is 5.73 Å². The van der Waals surface area contributed by atoms with Gasteiger partial charge in [-0.2, -0.15) is 18.2 Å². The van der Waals surface area contributed by atoms with Crippen LogP contribution >= 0.6 is 0 Å². The van der Waals surface area contributed by atoms with E-state index in [1.807, 2.05) is 5.32 Å². The summed E-state index contributed by atoms with van der Waals surface area (Å²) >= 11 is 0. The number of halogens is 6. The Kier molecular flexibility index (Phi) is 3.62. The van der Waals surface area contributed by atoms with Crippen LogP contribution < -0.4 is 11.1 Å². The van der Waals surface area contributed by atoms with Crippen LogP contribution in [0, 0.1) is 17.5 Å². The molecular formula is C11H6F6N4. The van der Waals surface area contributed by atoms with Crippen molar-refractivity contribution in [1.29, 1.82) is 0 Å². The van der Waals surface area contributed by atoms with Gasteiger partial charge in [-0.15, -0.1) is 0 Å². The smallest absolute Gasteiger partial charge is 0.368 e. The molecule has 1 heterocycles. The molecule has 112 valence electrons. The Morgan fingerprint density at radius 1 is 0.952 bits per heavy atom. The Bertz CT molecular complexity index is 662. The van der Waals surface area contributed by atoms with Gasteiger partial charge in [0.25, 0.3) is 0 Å². The third-order valence-electron chi connectivity index (χ3n) is 2.29. The highest BCUT2D eigenvalue weighted by Gasteiger charge is 2.33. The van der Waals surface area contributed by atoms with E-state index in [2.05, 4.69) is 9.97 Å². The summed E-state index contributed by atoms with van der Waals surface area (Å²) in [6, 6.07) is 1.14. The van der Waals surface area contributed by atoms with Gasteiger partial charge in [0.05, 0.1) is 0 Å². The van der Waals surface area contributed by atoms with Gasteiger partial charge in [-0.05, 0) is 0 Å². The minimum Gasteiger partial charge on any atom is -0.368 e. The first-order valence-corrected chi connectivity index (χ1v) is 5.30. The lowest BCUT2D eigenvalue weighted by Crippen LogP contribution is -2.12. The molecule has 0 aliphatic heterocycles. The van der Waals surface area contributed by atoms with E-state index in [9.17, 15) is 26.3 Å². The van der Waals surface area contributed by atoms with Crippen LogP contribution in [0.3, 0.4) is 0 Å². The molecule has 0 saturated carbocycles. The first-order valence-electron chi connectivity index (χ1n) is 5.30. The van der Waals surface area contributed by atoms with Crippen LogP contribution in [0.2, 0.25) is 0 Å². The highest BCUT2D eigenvalue weighted by molar-refractivity contribution is 5.59. The molecule has 0 aliphatic carbocycles. The predicted molar refractivity (Wildman–Crippen MR) is 61.0 cm³/mol. The lowest BCUT2D eigenvalue weighted by molar-refractivity contribution is -0.141. The second-order valence-electron chi connectivity index (χ2n) is 3.86. The molecule has 0 amide bonds. The fourth-order valence-corrected chi connectivity index (χ4v) is 1.46. The Morgan fingerprint density at radius 3 is 2.05 bits per heavy atom. The first kappa shape index (κ1) is 14.9. The standard InChI is InChI=1S/C11H6F6N4/c12-4-1-5(13)9(6(14)2-4)20-8-3-7(11(15,16)17)19-10(18)21-8/h1-3H,(H3,18,19,20,21). The Labute approximate surface area is 113 Å². The van der Waals surface area contributed by atoms with Crippen LogP contribution in [0.4, 0.5) is 43.8 Å². The van der Waals surface area contributed by atoms with E-state index in [-0.39, 0.29) is 0 Å². The molecule has 3 N–H and O–H groups in total. The first-order chi connectivity index (χ1) is 9.66. The molecule has 0 saturated heterocycles. The highest BCUT2D eigenvalue weighted by atomic mass is 19.4. The number of nitrogens with zero attached hydrogens (tertiary/aromatic N) is 2. The number of rotatable bonds is 2. The summed E-state index contributed by atoms with van der Waals surface area (Å²) in [5.41, 5.74) is 2.85. The SMILES string of the molecule is Nc1nc(Nc2c(F)cc(F)cc2F)cc(C(F)(F)F)n1. The summed E-state index contributed by atoms with van der Waals surface area (Å²) in [7, 11) is 0. The summed E-state index contributed by atoms with van der Waals surface area (Å²) < 4.78 is 77.1. The van der Waals surface area contributed by atoms with Gasteiger partial charge in [0, 0.05) is 18.2 Å². The molecule has 0 fully saturated rings. The summed E-state index contributed by atoms with van der Waals surface area (Å²) in [6.45, 7) is 0. The van der Waals surface area contributed by atoms with E-state index in [0.717, 1.165) is 0 Å². The zero-order valence-electron chi connectivity index (χ0n) is 9.97. The van der Waals surface area contributed by atoms with E-state index >= 15 is 0 Å². The van der Waals surface area contributed by atoms with Crippen LogP contribution in [0.25, 0.3) is 0 Å². The maximum absolute atomic E-state index is 13.4. The normalized spacial score (nSPS) is 11.5. The monoisotopic (exact) mass is 308 g/mol. The molecule has 0 radical (unpaired) electrons. The second-order valence-corrected chi connectivity index (χ2v) is 3.86. The van der Waals surface area contributed by atoms with Gasteiger partial charge in [0.1, 0.15) is 17.3 Å². The quantitative estimate of drug-likeness (QED) is 0.836. The molecule has 0 bridgehead atoms. The van der Waals surface area contributed by atoms with E-state index in [1.54, 1.807) is 0 Å². The number of hydrogen-bond donors (Lipinski definition) is 2. The number of nitrogens with two attached hydrogens (primary N) is 1. The summed E-state index contributed by atoms with van der Waals surface area (Å²) in [5.74, 6) is -5.17.